The van der Waals surface area contributed by atoms with Gasteiger partial charge in [0.15, 0.2) is 9.84 Å². The van der Waals surface area contributed by atoms with Gasteiger partial charge in [0.05, 0.1) is 10.6 Å². The Morgan fingerprint density at radius 1 is 1.00 bits per heavy atom. The highest BCUT2D eigenvalue weighted by Gasteiger charge is 2.49. The zero-order valence-corrected chi connectivity index (χ0v) is 16.4. The van der Waals surface area contributed by atoms with Crippen LogP contribution in [0, 0.1) is 11.3 Å². The fourth-order valence-corrected chi connectivity index (χ4v) is 5.64. The van der Waals surface area contributed by atoms with Crippen LogP contribution < -0.4 is 0 Å². The van der Waals surface area contributed by atoms with Crippen molar-refractivity contribution in [2.75, 3.05) is 6.54 Å². The molecule has 1 heterocycles. The largest absolute Gasteiger partial charge is 0.338 e. The Morgan fingerprint density at radius 2 is 1.63 bits per heavy atom. The Labute approximate surface area is 161 Å². The molecule has 4 nitrogen and oxygen atoms in total. The molecule has 1 aliphatic carbocycles. The Morgan fingerprint density at radius 3 is 2.30 bits per heavy atom. The summed E-state index contributed by atoms with van der Waals surface area (Å²) in [6, 6.07) is 16.1. The molecule has 142 valence electrons. The molecular formula is C22H25NO3S. The summed E-state index contributed by atoms with van der Waals surface area (Å²) < 4.78 is 25.6. The van der Waals surface area contributed by atoms with Crippen molar-refractivity contribution in [3.63, 3.8) is 0 Å². The number of carbonyl (C=O) groups is 1. The van der Waals surface area contributed by atoms with Crippen molar-refractivity contribution in [3.05, 3.63) is 65.7 Å². The van der Waals surface area contributed by atoms with Gasteiger partial charge in [0.2, 0.25) is 5.91 Å². The van der Waals surface area contributed by atoms with Crippen molar-refractivity contribution in [1.29, 1.82) is 0 Å². The lowest BCUT2D eigenvalue weighted by molar-refractivity contribution is -0.128. The molecule has 0 spiro atoms. The third kappa shape index (κ3) is 3.79. The molecule has 2 aromatic carbocycles. The molecule has 0 bridgehead atoms. The third-order valence-electron chi connectivity index (χ3n) is 5.95. The number of hydrogen-bond donors (Lipinski definition) is 0. The summed E-state index contributed by atoms with van der Waals surface area (Å²) in [5.41, 5.74) is 1.78. The summed E-state index contributed by atoms with van der Waals surface area (Å²) in [4.78, 5) is 14.8. The second-order valence-corrected chi connectivity index (χ2v) is 10.2. The molecule has 1 saturated carbocycles. The van der Waals surface area contributed by atoms with E-state index in [1.807, 2.05) is 35.2 Å². The van der Waals surface area contributed by atoms with Crippen molar-refractivity contribution in [2.24, 2.45) is 11.3 Å². The minimum atomic E-state index is -3.41. The maximum absolute atomic E-state index is 12.8. The Balaban J connectivity index is 1.54. The highest BCUT2D eigenvalue weighted by molar-refractivity contribution is 7.90. The van der Waals surface area contributed by atoms with Crippen LogP contribution >= 0.6 is 0 Å². The molecule has 1 aliphatic heterocycles. The van der Waals surface area contributed by atoms with Crippen LogP contribution in [0.15, 0.2) is 59.5 Å². The number of sulfone groups is 1. The molecular weight excluding hydrogens is 358 g/mol. The van der Waals surface area contributed by atoms with E-state index in [0.29, 0.717) is 23.8 Å². The van der Waals surface area contributed by atoms with Gasteiger partial charge in [0.25, 0.3) is 0 Å². The molecule has 2 aliphatic rings. The smallest absolute Gasteiger partial charge is 0.223 e. The van der Waals surface area contributed by atoms with Crippen LogP contribution in [0.4, 0.5) is 0 Å². The SMILES string of the molecule is CC1(C2CC2)CC(=O)N(Cc2ccccc2CS(=O)(=O)c2ccccc2)C1. The topological polar surface area (TPSA) is 54.5 Å². The fraction of sp³-hybridized carbons (Fsp3) is 0.409. The third-order valence-corrected chi connectivity index (χ3v) is 7.63. The normalized spacial score (nSPS) is 23.0. The van der Waals surface area contributed by atoms with Gasteiger partial charge >= 0.3 is 0 Å². The lowest BCUT2D eigenvalue weighted by Crippen LogP contribution is -2.28. The van der Waals surface area contributed by atoms with Gasteiger partial charge in [-0.15, -0.1) is 0 Å². The van der Waals surface area contributed by atoms with Gasteiger partial charge < -0.3 is 4.90 Å². The number of carbonyl (C=O) groups excluding carboxylic acids is 1. The second kappa shape index (κ2) is 6.79. The van der Waals surface area contributed by atoms with Crippen LogP contribution in [0.1, 0.15) is 37.3 Å². The van der Waals surface area contributed by atoms with Crippen molar-refractivity contribution in [2.45, 2.75) is 43.4 Å². The predicted molar refractivity (Wildman–Crippen MR) is 105 cm³/mol. The van der Waals surface area contributed by atoms with E-state index in [1.165, 1.54) is 12.8 Å². The van der Waals surface area contributed by atoms with Gasteiger partial charge in [0, 0.05) is 19.5 Å². The van der Waals surface area contributed by atoms with E-state index in [4.69, 9.17) is 0 Å². The first-order valence-electron chi connectivity index (χ1n) is 9.50. The van der Waals surface area contributed by atoms with Crippen LogP contribution in [0.25, 0.3) is 0 Å². The van der Waals surface area contributed by atoms with Crippen molar-refractivity contribution >= 4 is 15.7 Å². The molecule has 5 heteroatoms. The summed E-state index contributed by atoms with van der Waals surface area (Å²) >= 11 is 0. The zero-order valence-electron chi connectivity index (χ0n) is 15.6. The van der Waals surface area contributed by atoms with E-state index in [0.717, 1.165) is 17.7 Å². The van der Waals surface area contributed by atoms with Gasteiger partial charge in [0.1, 0.15) is 0 Å². The molecule has 2 aromatic rings. The van der Waals surface area contributed by atoms with E-state index < -0.39 is 9.84 Å². The van der Waals surface area contributed by atoms with E-state index >= 15 is 0 Å². The summed E-state index contributed by atoms with van der Waals surface area (Å²) in [6.45, 7) is 3.48. The first-order valence-corrected chi connectivity index (χ1v) is 11.1. The molecule has 1 amide bonds. The molecule has 1 unspecified atom stereocenters. The Hall–Kier alpha value is -2.14. The van der Waals surface area contributed by atoms with E-state index in [9.17, 15) is 13.2 Å². The molecule has 4 rings (SSSR count). The van der Waals surface area contributed by atoms with Gasteiger partial charge in [-0.05, 0) is 47.4 Å². The van der Waals surface area contributed by atoms with Crippen molar-refractivity contribution in [3.8, 4) is 0 Å². The summed E-state index contributed by atoms with van der Waals surface area (Å²) in [7, 11) is -3.41. The molecule has 0 N–H and O–H groups in total. The number of hydrogen-bond acceptors (Lipinski definition) is 3. The van der Waals surface area contributed by atoms with E-state index in [1.54, 1.807) is 24.3 Å². The Bertz CT molecular complexity index is 951. The second-order valence-electron chi connectivity index (χ2n) is 8.20. The molecule has 27 heavy (non-hydrogen) atoms. The average molecular weight is 384 g/mol. The maximum Gasteiger partial charge on any atom is 0.223 e. The van der Waals surface area contributed by atoms with Crippen molar-refractivity contribution < 1.29 is 13.2 Å². The van der Waals surface area contributed by atoms with E-state index in [2.05, 4.69) is 6.92 Å². The van der Waals surface area contributed by atoms with Gasteiger partial charge in [-0.3, -0.25) is 4.79 Å². The lowest BCUT2D eigenvalue weighted by Gasteiger charge is -2.24. The van der Waals surface area contributed by atoms with Gasteiger partial charge in [-0.25, -0.2) is 8.42 Å². The molecule has 1 atom stereocenters. The Kier molecular flexibility index (Phi) is 4.58. The number of nitrogens with zero attached hydrogens (tertiary/aromatic N) is 1. The monoisotopic (exact) mass is 383 g/mol. The molecule has 1 saturated heterocycles. The highest BCUT2D eigenvalue weighted by Crippen LogP contribution is 2.51. The molecule has 0 aromatic heterocycles. The van der Waals surface area contributed by atoms with Crippen LogP contribution in [0.5, 0.6) is 0 Å². The summed E-state index contributed by atoms with van der Waals surface area (Å²) in [5, 5.41) is 0. The van der Waals surface area contributed by atoms with Crippen LogP contribution in [-0.2, 0) is 26.9 Å². The fourth-order valence-electron chi connectivity index (χ4n) is 4.21. The van der Waals surface area contributed by atoms with E-state index in [-0.39, 0.29) is 17.1 Å². The van der Waals surface area contributed by atoms with Crippen LogP contribution in [0.3, 0.4) is 0 Å². The average Bonchev–Trinajstić information content (AvgIpc) is 3.45. The quantitative estimate of drug-likeness (QED) is 0.762. The lowest BCUT2D eigenvalue weighted by atomic mass is 9.84. The van der Waals surface area contributed by atoms with Crippen LogP contribution in [-0.4, -0.2) is 25.8 Å². The minimum Gasteiger partial charge on any atom is -0.338 e. The first-order chi connectivity index (χ1) is 12.9. The first kappa shape index (κ1) is 18.2. The molecule has 0 radical (unpaired) electrons. The highest BCUT2D eigenvalue weighted by atomic mass is 32.2. The standard InChI is InChI=1S/C22H25NO3S/c1-22(19-11-12-19)13-21(24)23(16-22)14-17-7-5-6-8-18(17)15-27(25,26)20-9-3-2-4-10-20/h2-10,19H,11-16H2,1H3. The van der Waals surface area contributed by atoms with Gasteiger partial charge in [-0.1, -0.05) is 49.4 Å². The zero-order chi connectivity index (χ0) is 19.1. The van der Waals surface area contributed by atoms with Crippen molar-refractivity contribution in [1.82, 2.24) is 4.90 Å². The minimum absolute atomic E-state index is 0.0465. The predicted octanol–water partition coefficient (Wildman–Crippen LogP) is 3.81. The number of likely N-dealkylation sites (tertiary alicyclic amines) is 1. The number of benzene rings is 2. The summed E-state index contributed by atoms with van der Waals surface area (Å²) in [5.74, 6) is 0.806. The maximum atomic E-state index is 12.8. The number of rotatable bonds is 6. The molecule has 2 fully saturated rings. The summed E-state index contributed by atoms with van der Waals surface area (Å²) in [6.07, 6.45) is 3.06. The van der Waals surface area contributed by atoms with Crippen LogP contribution in [0.2, 0.25) is 0 Å². The number of amides is 1. The van der Waals surface area contributed by atoms with Gasteiger partial charge in [-0.2, -0.15) is 0 Å².